The van der Waals surface area contributed by atoms with Gasteiger partial charge in [0.2, 0.25) is 0 Å². The fourth-order valence-electron chi connectivity index (χ4n) is 3.15. The molecule has 2 heterocycles. The van der Waals surface area contributed by atoms with Crippen molar-refractivity contribution in [2.24, 2.45) is 11.8 Å². The normalized spacial score (nSPS) is 25.2. The van der Waals surface area contributed by atoms with Crippen molar-refractivity contribution in [3.63, 3.8) is 0 Å². The molecule has 1 N–H and O–H groups in total. The van der Waals surface area contributed by atoms with Crippen LogP contribution in [0.4, 0.5) is 0 Å². The summed E-state index contributed by atoms with van der Waals surface area (Å²) in [5, 5.41) is 9.52. The van der Waals surface area contributed by atoms with Crippen LogP contribution in [0.15, 0.2) is 6.33 Å². The van der Waals surface area contributed by atoms with Crippen molar-refractivity contribution in [3.05, 3.63) is 18.3 Å². The summed E-state index contributed by atoms with van der Waals surface area (Å²) < 4.78 is 7.27. The SMILES string of the molecule is Cc1n[c-]nc2c1ncn2C1CC(CO)C(COP)C1.[Y+3]. The molecule has 21 heavy (non-hydrogen) atoms. The second-order valence-electron chi connectivity index (χ2n) is 5.39. The Morgan fingerprint density at radius 1 is 1.43 bits per heavy atom. The molecule has 2 aromatic rings. The van der Waals surface area contributed by atoms with Gasteiger partial charge in [-0.1, -0.05) is 6.92 Å². The summed E-state index contributed by atoms with van der Waals surface area (Å²) >= 11 is 0. The van der Waals surface area contributed by atoms with E-state index in [1.807, 2.05) is 13.3 Å². The number of imidazole rings is 1. The van der Waals surface area contributed by atoms with Gasteiger partial charge in [-0.3, -0.25) is 4.98 Å². The van der Waals surface area contributed by atoms with Crippen molar-refractivity contribution in [1.82, 2.24) is 19.5 Å². The molecule has 6 nitrogen and oxygen atoms in total. The van der Waals surface area contributed by atoms with E-state index in [1.165, 1.54) is 0 Å². The summed E-state index contributed by atoms with van der Waals surface area (Å²) in [7, 11) is 2.29. The van der Waals surface area contributed by atoms with Crippen LogP contribution in [0.5, 0.6) is 0 Å². The van der Waals surface area contributed by atoms with Crippen LogP contribution in [0.25, 0.3) is 11.2 Å². The average molecular weight is 382 g/mol. The van der Waals surface area contributed by atoms with Gasteiger partial charge in [-0.25, -0.2) is 0 Å². The summed E-state index contributed by atoms with van der Waals surface area (Å²) in [6.07, 6.45) is 6.39. The Morgan fingerprint density at radius 3 is 2.90 bits per heavy atom. The van der Waals surface area contributed by atoms with Crippen molar-refractivity contribution in [2.75, 3.05) is 13.2 Å². The van der Waals surface area contributed by atoms with Crippen LogP contribution in [0.2, 0.25) is 0 Å². The van der Waals surface area contributed by atoms with Crippen molar-refractivity contribution in [1.29, 1.82) is 0 Å². The molecular weight excluding hydrogens is 364 g/mol. The fourth-order valence-corrected chi connectivity index (χ4v) is 3.39. The molecule has 1 aliphatic carbocycles. The van der Waals surface area contributed by atoms with Gasteiger partial charge < -0.3 is 24.2 Å². The molecule has 0 radical (unpaired) electrons. The van der Waals surface area contributed by atoms with Gasteiger partial charge in [0, 0.05) is 39.6 Å². The largest absolute Gasteiger partial charge is 3.00 e. The zero-order chi connectivity index (χ0) is 14.1. The first kappa shape index (κ1) is 17.4. The standard InChI is InChI=1S/C13H18N4O2P.Y/c1-8-12-13(15-6-14-8)17(7-16-12)11-2-9(4-18)10(3-11)5-19-20;/h7,9-11,18H,2-5,20H2,1H3;/q-1;+3. The zero-order valence-corrected chi connectivity index (χ0v) is 15.9. The molecule has 0 spiro atoms. The fraction of sp³-hybridized carbons (Fsp3) is 0.615. The van der Waals surface area contributed by atoms with Crippen LogP contribution in [0.3, 0.4) is 0 Å². The molecule has 0 aliphatic heterocycles. The maximum absolute atomic E-state index is 9.52. The summed E-state index contributed by atoms with van der Waals surface area (Å²) in [5.41, 5.74) is 2.50. The number of rotatable bonds is 4. The van der Waals surface area contributed by atoms with Gasteiger partial charge in [-0.05, 0) is 30.4 Å². The summed E-state index contributed by atoms with van der Waals surface area (Å²) in [4.78, 5) is 12.7. The third-order valence-electron chi connectivity index (χ3n) is 4.24. The number of hydrogen-bond donors (Lipinski definition) is 1. The van der Waals surface area contributed by atoms with Crippen molar-refractivity contribution < 1.29 is 42.3 Å². The monoisotopic (exact) mass is 382 g/mol. The molecule has 0 bridgehead atoms. The summed E-state index contributed by atoms with van der Waals surface area (Å²) in [6, 6.07) is 0.296. The summed E-state index contributed by atoms with van der Waals surface area (Å²) in [6.45, 7) is 2.76. The van der Waals surface area contributed by atoms with E-state index in [4.69, 9.17) is 4.52 Å². The molecule has 108 valence electrons. The van der Waals surface area contributed by atoms with Crippen LogP contribution < -0.4 is 0 Å². The predicted octanol–water partition coefficient (Wildman–Crippen LogP) is 1.30. The van der Waals surface area contributed by atoms with E-state index in [1.54, 1.807) is 0 Å². The molecule has 0 saturated heterocycles. The molecule has 0 amide bonds. The van der Waals surface area contributed by atoms with Crippen molar-refractivity contribution >= 4 is 20.6 Å². The minimum Gasteiger partial charge on any atom is -0.396 e. The van der Waals surface area contributed by atoms with Crippen molar-refractivity contribution in [2.45, 2.75) is 25.8 Å². The van der Waals surface area contributed by atoms with Gasteiger partial charge in [-0.2, -0.15) is 0 Å². The van der Waals surface area contributed by atoms with Crippen LogP contribution in [0, 0.1) is 25.1 Å². The van der Waals surface area contributed by atoms with E-state index in [2.05, 4.69) is 35.3 Å². The number of aromatic nitrogens is 4. The Kier molecular flexibility index (Phi) is 6.21. The second kappa shape index (κ2) is 7.52. The Labute approximate surface area is 151 Å². The number of nitrogens with zero attached hydrogens (tertiary/aromatic N) is 4. The zero-order valence-electron chi connectivity index (χ0n) is 11.9. The number of aliphatic hydroxyl groups excluding tert-OH is 1. The number of aryl methyl sites for hydroxylation is 1. The van der Waals surface area contributed by atoms with E-state index < -0.39 is 0 Å². The van der Waals surface area contributed by atoms with Gasteiger partial charge in [0.15, 0.2) is 0 Å². The summed E-state index contributed by atoms with van der Waals surface area (Å²) in [5.74, 6) is 0.636. The number of hydrogen-bond acceptors (Lipinski definition) is 5. The molecule has 4 unspecified atom stereocenters. The quantitative estimate of drug-likeness (QED) is 0.638. The molecule has 8 heteroatoms. The first-order valence-corrected chi connectivity index (χ1v) is 7.21. The van der Waals surface area contributed by atoms with Crippen LogP contribution in [0.1, 0.15) is 24.6 Å². The minimum absolute atomic E-state index is 0. The minimum atomic E-state index is 0. The van der Waals surface area contributed by atoms with Gasteiger partial charge >= 0.3 is 32.7 Å². The third kappa shape index (κ3) is 3.35. The Bertz CT molecular complexity index is 609. The molecule has 0 aromatic carbocycles. The molecule has 2 aromatic heterocycles. The van der Waals surface area contributed by atoms with Crippen LogP contribution in [-0.4, -0.2) is 37.8 Å². The van der Waals surface area contributed by atoms with E-state index in [-0.39, 0.29) is 45.2 Å². The Hall–Kier alpha value is 0.00390. The van der Waals surface area contributed by atoms with E-state index in [9.17, 15) is 5.11 Å². The van der Waals surface area contributed by atoms with E-state index in [0.717, 1.165) is 29.7 Å². The molecular formula is C13H18N4O2PY+2. The topological polar surface area (TPSA) is 73.1 Å². The first-order chi connectivity index (χ1) is 9.74. The van der Waals surface area contributed by atoms with Crippen LogP contribution in [-0.2, 0) is 37.2 Å². The smallest absolute Gasteiger partial charge is 0.396 e. The molecule has 1 fully saturated rings. The molecule has 3 rings (SSSR count). The van der Waals surface area contributed by atoms with Gasteiger partial charge in [-0.15, -0.1) is 0 Å². The van der Waals surface area contributed by atoms with Gasteiger partial charge in [0.25, 0.3) is 0 Å². The van der Waals surface area contributed by atoms with Gasteiger partial charge in [0.1, 0.15) is 0 Å². The Balaban J connectivity index is 0.00000161. The predicted molar refractivity (Wildman–Crippen MR) is 76.9 cm³/mol. The van der Waals surface area contributed by atoms with Gasteiger partial charge in [0.05, 0.1) is 12.9 Å². The maximum atomic E-state index is 9.52. The number of aliphatic hydroxyl groups is 1. The van der Waals surface area contributed by atoms with Crippen molar-refractivity contribution in [3.8, 4) is 0 Å². The average Bonchev–Trinajstić information content (AvgIpc) is 3.03. The second-order valence-corrected chi connectivity index (χ2v) is 5.73. The molecule has 4 atom stereocenters. The first-order valence-electron chi connectivity index (χ1n) is 6.74. The Morgan fingerprint density at radius 2 is 2.19 bits per heavy atom. The van der Waals surface area contributed by atoms with E-state index in [0.29, 0.717) is 18.6 Å². The third-order valence-corrected chi connectivity index (χ3v) is 4.43. The van der Waals surface area contributed by atoms with Crippen LogP contribution >= 0.6 is 9.47 Å². The maximum Gasteiger partial charge on any atom is 3.00 e. The van der Waals surface area contributed by atoms with E-state index >= 15 is 0 Å². The number of fused-ring (bicyclic) bond motifs is 1. The molecule has 1 saturated carbocycles. The molecule has 1 aliphatic rings.